The molecule has 0 unspecified atom stereocenters. The van der Waals surface area contributed by atoms with Crippen LogP contribution in [0.3, 0.4) is 0 Å². The van der Waals surface area contributed by atoms with Crippen LogP contribution in [0.2, 0.25) is 0 Å². The Kier molecular flexibility index (Phi) is 19.8. The molecule has 1 heterocycles. The summed E-state index contributed by atoms with van der Waals surface area (Å²) in [4.78, 5) is 14.8. The molecular weight excluding hydrogens is 624 g/mol. The highest BCUT2D eigenvalue weighted by Crippen LogP contribution is 2.37. The quantitative estimate of drug-likeness (QED) is 0.118. The molecule has 0 bridgehead atoms. The second-order valence-corrected chi connectivity index (χ2v) is 12.0. The van der Waals surface area contributed by atoms with Gasteiger partial charge >= 0.3 is 0 Å². The zero-order chi connectivity index (χ0) is 29.7. The van der Waals surface area contributed by atoms with E-state index in [0.717, 1.165) is 31.0 Å². The van der Waals surface area contributed by atoms with Crippen molar-refractivity contribution in [2.45, 2.75) is 103 Å². The van der Waals surface area contributed by atoms with Crippen molar-refractivity contribution in [3.63, 3.8) is 0 Å². The fourth-order valence-electron chi connectivity index (χ4n) is 5.06. The Morgan fingerprint density at radius 2 is 1.42 bits per heavy atom. The average molecular weight is 678 g/mol. The summed E-state index contributed by atoms with van der Waals surface area (Å²) >= 11 is 1.79. The van der Waals surface area contributed by atoms with Crippen molar-refractivity contribution >= 4 is 40.3 Å². The van der Waals surface area contributed by atoms with Gasteiger partial charge in [0.05, 0.1) is 19.6 Å². The maximum Gasteiger partial charge on any atom is 0.262 e. The van der Waals surface area contributed by atoms with Crippen LogP contribution in [0.4, 0.5) is 5.69 Å². The highest BCUT2D eigenvalue weighted by molar-refractivity contribution is 8.93. The summed E-state index contributed by atoms with van der Waals surface area (Å²) in [5.41, 5.74) is 1.95. The standard InChI is InChI=1S/C35H52N2O4S.BrH/c1-3-4-5-6-7-8-9-10-11-12-13-14-15-16-25-40-35-32(39-2)18-17-19-33(35)41-28-34(38)36-31-22-20-30(21-23-31)27-37-24-26-42-29-37;/h17-24,26H,3-16,25,27-29H2,1-2H3,(H,36,38);1H. The first-order valence-corrected chi connectivity index (χ1v) is 17.1. The van der Waals surface area contributed by atoms with E-state index < -0.39 is 0 Å². The first-order chi connectivity index (χ1) is 20.7. The Morgan fingerprint density at radius 1 is 0.814 bits per heavy atom. The van der Waals surface area contributed by atoms with Crippen LogP contribution in [0.15, 0.2) is 54.1 Å². The normalized spacial score (nSPS) is 12.2. The number of nitrogens with zero attached hydrogens (tertiary/aromatic N) is 1. The number of benzene rings is 2. The molecule has 0 fully saturated rings. The van der Waals surface area contributed by atoms with Gasteiger partial charge in [0, 0.05) is 18.4 Å². The molecule has 0 spiro atoms. The number of thioether (sulfide) groups is 1. The minimum atomic E-state index is -0.220. The molecule has 0 aliphatic carbocycles. The third-order valence-electron chi connectivity index (χ3n) is 7.50. The minimum absolute atomic E-state index is 0. The Morgan fingerprint density at radius 3 is 2.00 bits per heavy atom. The Labute approximate surface area is 275 Å². The van der Waals surface area contributed by atoms with Crippen molar-refractivity contribution in [2.24, 2.45) is 0 Å². The number of carbonyl (C=O) groups is 1. The van der Waals surface area contributed by atoms with Crippen molar-refractivity contribution < 1.29 is 19.0 Å². The van der Waals surface area contributed by atoms with Crippen LogP contribution in [0, 0.1) is 0 Å². The van der Waals surface area contributed by atoms with Gasteiger partial charge in [0.1, 0.15) is 0 Å². The first kappa shape index (κ1) is 36.9. The van der Waals surface area contributed by atoms with Gasteiger partial charge in [-0.2, -0.15) is 0 Å². The third-order valence-corrected chi connectivity index (χ3v) is 8.29. The number of hydrogen-bond donors (Lipinski definition) is 1. The number of nitrogens with one attached hydrogen (secondary N) is 1. The molecule has 0 aromatic heterocycles. The summed E-state index contributed by atoms with van der Waals surface area (Å²) in [6.45, 7) is 3.62. The largest absolute Gasteiger partial charge is 0.493 e. The number of hydrogen-bond acceptors (Lipinski definition) is 6. The van der Waals surface area contributed by atoms with E-state index in [2.05, 4.69) is 28.7 Å². The lowest BCUT2D eigenvalue weighted by Gasteiger charge is -2.16. The first-order valence-electron chi connectivity index (χ1n) is 16.0. The molecule has 1 amide bonds. The van der Waals surface area contributed by atoms with Gasteiger partial charge in [-0.3, -0.25) is 4.79 Å². The number of anilines is 1. The molecule has 0 atom stereocenters. The highest BCUT2D eigenvalue weighted by atomic mass is 79.9. The van der Waals surface area contributed by atoms with E-state index >= 15 is 0 Å². The Bertz CT molecular complexity index is 1050. The molecule has 1 N–H and O–H groups in total. The fourth-order valence-corrected chi connectivity index (χ4v) is 5.77. The lowest BCUT2D eigenvalue weighted by Crippen LogP contribution is -2.20. The number of amides is 1. The fraction of sp³-hybridized carbons (Fsp3) is 0.571. The van der Waals surface area contributed by atoms with Gasteiger partial charge in [-0.05, 0) is 41.7 Å². The maximum atomic E-state index is 12.6. The monoisotopic (exact) mass is 676 g/mol. The van der Waals surface area contributed by atoms with E-state index in [1.165, 1.54) is 82.6 Å². The zero-order valence-corrected chi connectivity index (χ0v) is 28.9. The molecule has 1 aliphatic heterocycles. The van der Waals surface area contributed by atoms with Crippen LogP contribution in [0.1, 0.15) is 102 Å². The molecule has 0 radical (unpaired) electrons. The van der Waals surface area contributed by atoms with Gasteiger partial charge in [-0.1, -0.05) is 109 Å². The topological polar surface area (TPSA) is 60.0 Å². The smallest absolute Gasteiger partial charge is 0.262 e. The molecule has 3 rings (SSSR count). The SMILES string of the molecule is Br.CCCCCCCCCCCCCCCCOc1c(OC)cccc1OCC(=O)Nc1ccc(CN2C=CSC2)cc1. The summed E-state index contributed by atoms with van der Waals surface area (Å²) < 4.78 is 17.5. The third kappa shape index (κ3) is 15.3. The molecule has 0 saturated carbocycles. The summed E-state index contributed by atoms with van der Waals surface area (Å²) in [7, 11) is 1.62. The lowest BCUT2D eigenvalue weighted by atomic mass is 10.0. The number of para-hydroxylation sites is 1. The molecule has 0 saturated heterocycles. The zero-order valence-electron chi connectivity index (χ0n) is 26.3. The van der Waals surface area contributed by atoms with Crippen LogP contribution >= 0.6 is 28.7 Å². The molecule has 1 aliphatic rings. The van der Waals surface area contributed by atoms with Crippen LogP contribution in [0.25, 0.3) is 0 Å². The predicted molar refractivity (Wildman–Crippen MR) is 187 cm³/mol. The van der Waals surface area contributed by atoms with Gasteiger partial charge in [0.15, 0.2) is 18.1 Å². The second-order valence-electron chi connectivity index (χ2n) is 11.1. The average Bonchev–Trinajstić information content (AvgIpc) is 3.52. The molecule has 43 heavy (non-hydrogen) atoms. The van der Waals surface area contributed by atoms with E-state index in [9.17, 15) is 4.79 Å². The van der Waals surface area contributed by atoms with Crippen LogP contribution < -0.4 is 19.5 Å². The van der Waals surface area contributed by atoms with E-state index in [1.807, 2.05) is 42.5 Å². The Balaban J connectivity index is 0.00000645. The molecular formula is C35H53BrN2O4S. The van der Waals surface area contributed by atoms with E-state index in [0.29, 0.717) is 23.9 Å². The number of methoxy groups -OCH3 is 1. The van der Waals surface area contributed by atoms with Crippen molar-refractivity contribution in [1.82, 2.24) is 4.90 Å². The van der Waals surface area contributed by atoms with Gasteiger partial charge in [-0.25, -0.2) is 0 Å². The molecule has 6 nitrogen and oxygen atoms in total. The van der Waals surface area contributed by atoms with Crippen molar-refractivity contribution in [1.29, 1.82) is 0 Å². The van der Waals surface area contributed by atoms with Crippen LogP contribution in [-0.2, 0) is 11.3 Å². The highest BCUT2D eigenvalue weighted by Gasteiger charge is 2.14. The second kappa shape index (κ2) is 23.1. The van der Waals surface area contributed by atoms with Crippen molar-refractivity contribution in [3.05, 3.63) is 59.6 Å². The number of halogens is 1. The summed E-state index contributed by atoms with van der Waals surface area (Å²) in [5.74, 6) is 2.44. The molecule has 8 heteroatoms. The molecule has 2 aromatic carbocycles. The number of carbonyl (C=O) groups excluding carboxylic acids is 1. The van der Waals surface area contributed by atoms with E-state index in [1.54, 1.807) is 18.9 Å². The van der Waals surface area contributed by atoms with Crippen molar-refractivity contribution in [3.8, 4) is 17.2 Å². The summed E-state index contributed by atoms with van der Waals surface area (Å²) in [6.07, 6.45) is 20.6. The van der Waals surface area contributed by atoms with Gasteiger partial charge in [-0.15, -0.1) is 28.7 Å². The molecule has 240 valence electrons. The maximum absolute atomic E-state index is 12.6. The number of rotatable bonds is 23. The van der Waals surface area contributed by atoms with E-state index in [-0.39, 0.29) is 29.5 Å². The van der Waals surface area contributed by atoms with Crippen molar-refractivity contribution in [2.75, 3.05) is 31.5 Å². The lowest BCUT2D eigenvalue weighted by molar-refractivity contribution is -0.118. The number of unbranched alkanes of at least 4 members (excludes halogenated alkanes) is 13. The van der Waals surface area contributed by atoms with Gasteiger partial charge in [0.2, 0.25) is 5.75 Å². The van der Waals surface area contributed by atoms with Gasteiger partial charge in [0.25, 0.3) is 5.91 Å². The minimum Gasteiger partial charge on any atom is -0.493 e. The predicted octanol–water partition coefficient (Wildman–Crippen LogP) is 10.1. The Hall–Kier alpha value is -2.32. The summed E-state index contributed by atoms with van der Waals surface area (Å²) in [5, 5.41) is 5.02. The van der Waals surface area contributed by atoms with E-state index in [4.69, 9.17) is 14.2 Å². The van der Waals surface area contributed by atoms with Crippen LogP contribution in [-0.4, -0.2) is 37.0 Å². The molecule has 2 aromatic rings. The van der Waals surface area contributed by atoms with Crippen LogP contribution in [0.5, 0.6) is 17.2 Å². The van der Waals surface area contributed by atoms with Gasteiger partial charge < -0.3 is 24.4 Å². The summed E-state index contributed by atoms with van der Waals surface area (Å²) in [6, 6.07) is 13.4. The number of ether oxygens (including phenoxy) is 3.